The predicted octanol–water partition coefficient (Wildman–Crippen LogP) is 1.49. The molecule has 1 unspecified atom stereocenters. The molecule has 1 saturated heterocycles. The summed E-state index contributed by atoms with van der Waals surface area (Å²) in [5.74, 6) is 0.622. The van der Waals surface area contributed by atoms with Crippen LogP contribution in [0.1, 0.15) is 26.2 Å². The number of aliphatic hydroxyl groups is 1. The molecular weight excluding hydrogens is 152 g/mol. The molecule has 2 nitrogen and oxygen atoms in total. The van der Waals surface area contributed by atoms with Crippen molar-refractivity contribution in [1.82, 2.24) is 0 Å². The molecule has 0 bridgehead atoms. The normalized spacial score (nSPS) is 45.2. The van der Waals surface area contributed by atoms with E-state index in [1.807, 2.05) is 0 Å². The maximum absolute atomic E-state index is 9.07. The monoisotopic (exact) mass is 168 g/mol. The lowest BCUT2D eigenvalue weighted by Gasteiger charge is -2.23. The molecule has 0 radical (unpaired) electrons. The second kappa shape index (κ2) is 2.57. The van der Waals surface area contributed by atoms with Gasteiger partial charge >= 0.3 is 0 Å². The highest BCUT2D eigenvalue weighted by atomic mass is 16.6. The third-order valence-corrected chi connectivity index (χ3v) is 3.29. The van der Waals surface area contributed by atoms with Crippen LogP contribution < -0.4 is 0 Å². The summed E-state index contributed by atoms with van der Waals surface area (Å²) >= 11 is 0. The van der Waals surface area contributed by atoms with Crippen molar-refractivity contribution in [3.8, 4) is 0 Å². The van der Waals surface area contributed by atoms with E-state index < -0.39 is 0 Å². The zero-order valence-corrected chi connectivity index (χ0v) is 7.55. The van der Waals surface area contributed by atoms with Crippen molar-refractivity contribution in [3.05, 3.63) is 12.2 Å². The summed E-state index contributed by atoms with van der Waals surface area (Å²) in [5.41, 5.74) is 1.13. The molecule has 2 aliphatic rings. The predicted molar refractivity (Wildman–Crippen MR) is 46.8 cm³/mol. The second-order valence-electron chi connectivity index (χ2n) is 4.15. The van der Waals surface area contributed by atoms with Crippen LogP contribution in [0, 0.1) is 5.92 Å². The van der Waals surface area contributed by atoms with Gasteiger partial charge in [-0.3, -0.25) is 0 Å². The van der Waals surface area contributed by atoms with Crippen LogP contribution in [0.5, 0.6) is 0 Å². The Morgan fingerprint density at radius 2 is 2.50 bits per heavy atom. The molecule has 1 heterocycles. The van der Waals surface area contributed by atoms with Crippen LogP contribution in [0.25, 0.3) is 0 Å². The topological polar surface area (TPSA) is 32.8 Å². The Hall–Kier alpha value is -0.340. The van der Waals surface area contributed by atoms with Gasteiger partial charge in [0.15, 0.2) is 0 Å². The number of aliphatic hydroxyl groups excluding tert-OH is 1. The Labute approximate surface area is 73.2 Å². The van der Waals surface area contributed by atoms with Gasteiger partial charge in [0.1, 0.15) is 5.60 Å². The molecule has 0 spiro atoms. The summed E-state index contributed by atoms with van der Waals surface area (Å²) in [6, 6.07) is 0. The Morgan fingerprint density at radius 1 is 1.75 bits per heavy atom. The van der Waals surface area contributed by atoms with Gasteiger partial charge in [-0.15, -0.1) is 0 Å². The first-order valence-corrected chi connectivity index (χ1v) is 4.62. The molecule has 1 aliphatic carbocycles. The van der Waals surface area contributed by atoms with Crippen molar-refractivity contribution >= 4 is 0 Å². The summed E-state index contributed by atoms with van der Waals surface area (Å²) in [6.45, 7) is 6.24. The second-order valence-corrected chi connectivity index (χ2v) is 4.15. The first-order valence-electron chi connectivity index (χ1n) is 4.62. The van der Waals surface area contributed by atoms with Crippen molar-refractivity contribution in [2.24, 2.45) is 5.92 Å². The van der Waals surface area contributed by atoms with Gasteiger partial charge in [0, 0.05) is 0 Å². The quantitative estimate of drug-likeness (QED) is 0.500. The third-order valence-electron chi connectivity index (χ3n) is 3.29. The summed E-state index contributed by atoms with van der Waals surface area (Å²) in [7, 11) is 0. The summed E-state index contributed by atoms with van der Waals surface area (Å²) in [5, 5.41) is 9.07. The fourth-order valence-electron chi connectivity index (χ4n) is 2.19. The smallest absolute Gasteiger partial charge is 0.118 e. The van der Waals surface area contributed by atoms with Crippen LogP contribution in [0.2, 0.25) is 0 Å². The number of hydrogen-bond acceptors (Lipinski definition) is 2. The highest BCUT2D eigenvalue weighted by Crippen LogP contribution is 2.50. The lowest BCUT2D eigenvalue weighted by Crippen LogP contribution is -2.27. The van der Waals surface area contributed by atoms with Gasteiger partial charge in [-0.25, -0.2) is 0 Å². The van der Waals surface area contributed by atoms with E-state index in [2.05, 4.69) is 13.5 Å². The maximum atomic E-state index is 9.07. The third kappa shape index (κ3) is 1.10. The van der Waals surface area contributed by atoms with E-state index in [0.29, 0.717) is 12.0 Å². The van der Waals surface area contributed by atoms with Crippen molar-refractivity contribution in [2.75, 3.05) is 6.61 Å². The van der Waals surface area contributed by atoms with Gasteiger partial charge < -0.3 is 9.84 Å². The molecule has 1 N–H and O–H groups in total. The van der Waals surface area contributed by atoms with Gasteiger partial charge in [-0.05, 0) is 32.1 Å². The minimum Gasteiger partial charge on any atom is -0.393 e. The molecule has 0 aromatic rings. The summed E-state index contributed by atoms with van der Waals surface area (Å²) in [4.78, 5) is 0. The molecule has 1 aliphatic heterocycles. The van der Waals surface area contributed by atoms with E-state index in [0.717, 1.165) is 19.3 Å². The SMILES string of the molecule is C=C(C)[C@H]1CC[C@@]2(CO)OC2C1. The first kappa shape index (κ1) is 8.27. The molecule has 2 rings (SSSR count). The molecule has 0 aromatic heterocycles. The largest absolute Gasteiger partial charge is 0.393 e. The molecule has 2 fully saturated rings. The Bertz CT molecular complexity index is 212. The minimum atomic E-state index is -0.133. The van der Waals surface area contributed by atoms with E-state index >= 15 is 0 Å². The van der Waals surface area contributed by atoms with Gasteiger partial charge in [0.25, 0.3) is 0 Å². The van der Waals surface area contributed by atoms with Crippen molar-refractivity contribution < 1.29 is 9.84 Å². The van der Waals surface area contributed by atoms with Crippen LogP contribution in [0.4, 0.5) is 0 Å². The number of ether oxygens (including phenoxy) is 1. The molecular formula is C10H16O2. The van der Waals surface area contributed by atoms with Crippen LogP contribution in [-0.2, 0) is 4.74 Å². The first-order chi connectivity index (χ1) is 5.68. The van der Waals surface area contributed by atoms with E-state index in [1.54, 1.807) is 0 Å². The molecule has 1 saturated carbocycles. The average molecular weight is 168 g/mol. The number of fused-ring (bicyclic) bond motifs is 1. The van der Waals surface area contributed by atoms with Crippen LogP contribution >= 0.6 is 0 Å². The maximum Gasteiger partial charge on any atom is 0.118 e. The summed E-state index contributed by atoms with van der Waals surface area (Å²) in [6.07, 6.45) is 3.52. The number of epoxide rings is 1. The molecule has 3 atom stereocenters. The average Bonchev–Trinajstić information content (AvgIpc) is 2.77. The fraction of sp³-hybridized carbons (Fsp3) is 0.800. The van der Waals surface area contributed by atoms with Crippen LogP contribution in [0.15, 0.2) is 12.2 Å². The molecule has 0 aromatic carbocycles. The van der Waals surface area contributed by atoms with Gasteiger partial charge in [0.2, 0.25) is 0 Å². The van der Waals surface area contributed by atoms with Crippen molar-refractivity contribution in [2.45, 2.75) is 37.9 Å². The Balaban J connectivity index is 1.96. The van der Waals surface area contributed by atoms with E-state index in [-0.39, 0.29) is 12.2 Å². The molecule has 68 valence electrons. The van der Waals surface area contributed by atoms with E-state index in [4.69, 9.17) is 9.84 Å². The minimum absolute atomic E-state index is 0.133. The van der Waals surface area contributed by atoms with Crippen molar-refractivity contribution in [3.63, 3.8) is 0 Å². The highest BCUT2D eigenvalue weighted by Gasteiger charge is 2.58. The standard InChI is InChI=1S/C10H16O2/c1-7(2)8-3-4-10(6-11)9(5-8)12-10/h8-9,11H,1,3-6H2,2H3/t8-,9?,10-/m0/s1. The highest BCUT2D eigenvalue weighted by molar-refractivity contribution is 5.11. The zero-order valence-electron chi connectivity index (χ0n) is 7.55. The molecule has 0 amide bonds. The Kier molecular flexibility index (Phi) is 1.77. The molecule has 2 heteroatoms. The van der Waals surface area contributed by atoms with Gasteiger partial charge in [-0.2, -0.15) is 0 Å². The molecule has 12 heavy (non-hydrogen) atoms. The summed E-state index contributed by atoms with van der Waals surface area (Å²) < 4.78 is 5.50. The van der Waals surface area contributed by atoms with Crippen LogP contribution in [0.3, 0.4) is 0 Å². The lowest BCUT2D eigenvalue weighted by atomic mass is 9.79. The van der Waals surface area contributed by atoms with Crippen LogP contribution in [-0.4, -0.2) is 23.4 Å². The van der Waals surface area contributed by atoms with Crippen molar-refractivity contribution in [1.29, 1.82) is 0 Å². The number of allylic oxidation sites excluding steroid dienone is 1. The Morgan fingerprint density at radius 3 is 3.00 bits per heavy atom. The van der Waals surface area contributed by atoms with Gasteiger partial charge in [-0.1, -0.05) is 12.2 Å². The zero-order chi connectivity index (χ0) is 8.77. The number of hydrogen-bond donors (Lipinski definition) is 1. The van der Waals surface area contributed by atoms with E-state index in [1.165, 1.54) is 5.57 Å². The fourth-order valence-corrected chi connectivity index (χ4v) is 2.19. The lowest BCUT2D eigenvalue weighted by molar-refractivity contribution is 0.160. The van der Waals surface area contributed by atoms with E-state index in [9.17, 15) is 0 Å². The number of rotatable bonds is 2. The van der Waals surface area contributed by atoms with Gasteiger partial charge in [0.05, 0.1) is 12.7 Å².